The number of hydrogen-bond acceptors (Lipinski definition) is 5. The standard InChI is InChI=1S/C16H18F3N3O2S.ClH/c1-10(21-15(23)12-9-25-14(22-12)6-7-20)8-24-13-5-3-2-4-11(13)16(17,18)19;/h2-5,9-10H,6-8,20H2,1H3,(H,21,23);1H. The lowest BCUT2D eigenvalue weighted by Gasteiger charge is -2.17. The fourth-order valence-electron chi connectivity index (χ4n) is 2.03. The molecule has 144 valence electrons. The Morgan fingerprint density at radius 1 is 1.38 bits per heavy atom. The van der Waals surface area contributed by atoms with Crippen LogP contribution in [0.5, 0.6) is 5.75 Å². The number of carbonyl (C=O) groups is 1. The first-order valence-electron chi connectivity index (χ1n) is 7.55. The Kier molecular flexibility index (Phi) is 8.32. The van der Waals surface area contributed by atoms with E-state index in [9.17, 15) is 18.0 Å². The van der Waals surface area contributed by atoms with Crippen molar-refractivity contribution in [3.8, 4) is 5.75 Å². The number of hydrogen-bond donors (Lipinski definition) is 2. The summed E-state index contributed by atoms with van der Waals surface area (Å²) in [5.41, 5.74) is 4.85. The van der Waals surface area contributed by atoms with Crippen molar-refractivity contribution < 1.29 is 22.7 Å². The highest BCUT2D eigenvalue weighted by atomic mass is 35.5. The minimum Gasteiger partial charge on any atom is -0.491 e. The SMILES string of the molecule is CC(COc1ccccc1C(F)(F)F)NC(=O)c1csc(CCN)n1.Cl. The van der Waals surface area contributed by atoms with E-state index in [1.807, 2.05) is 0 Å². The second kappa shape index (κ2) is 9.75. The van der Waals surface area contributed by atoms with Crippen LogP contribution in [0.15, 0.2) is 29.6 Å². The molecule has 0 aliphatic heterocycles. The van der Waals surface area contributed by atoms with E-state index in [0.717, 1.165) is 11.1 Å². The molecule has 1 heterocycles. The van der Waals surface area contributed by atoms with Gasteiger partial charge in [-0.15, -0.1) is 23.7 Å². The lowest BCUT2D eigenvalue weighted by Crippen LogP contribution is -2.37. The van der Waals surface area contributed by atoms with Gasteiger partial charge in [-0.3, -0.25) is 4.79 Å². The van der Waals surface area contributed by atoms with Crippen molar-refractivity contribution in [1.82, 2.24) is 10.3 Å². The number of thiazole rings is 1. The molecule has 5 nitrogen and oxygen atoms in total. The number of nitrogens with zero attached hydrogens (tertiary/aromatic N) is 1. The Labute approximate surface area is 159 Å². The highest BCUT2D eigenvalue weighted by Gasteiger charge is 2.34. The van der Waals surface area contributed by atoms with Gasteiger partial charge in [-0.2, -0.15) is 13.2 Å². The molecule has 1 aromatic carbocycles. The number of ether oxygens (including phenoxy) is 1. The lowest BCUT2D eigenvalue weighted by atomic mass is 10.2. The molecule has 10 heteroatoms. The first-order valence-corrected chi connectivity index (χ1v) is 8.43. The molecule has 0 bridgehead atoms. The molecule has 0 fully saturated rings. The van der Waals surface area contributed by atoms with Gasteiger partial charge in [-0.05, 0) is 25.6 Å². The summed E-state index contributed by atoms with van der Waals surface area (Å²) in [5.74, 6) is -0.672. The van der Waals surface area contributed by atoms with Gasteiger partial charge in [0.25, 0.3) is 5.91 Å². The van der Waals surface area contributed by atoms with Gasteiger partial charge in [-0.1, -0.05) is 12.1 Å². The minimum absolute atomic E-state index is 0. The van der Waals surface area contributed by atoms with Gasteiger partial charge in [0.2, 0.25) is 0 Å². The van der Waals surface area contributed by atoms with E-state index in [1.54, 1.807) is 12.3 Å². The van der Waals surface area contributed by atoms with Crippen molar-refractivity contribution >= 4 is 29.7 Å². The second-order valence-corrected chi connectivity index (χ2v) is 6.29. The third kappa shape index (κ3) is 6.15. The van der Waals surface area contributed by atoms with Gasteiger partial charge >= 0.3 is 6.18 Å². The molecule has 2 rings (SSSR count). The van der Waals surface area contributed by atoms with E-state index in [4.69, 9.17) is 10.5 Å². The van der Waals surface area contributed by atoms with Crippen molar-refractivity contribution in [2.75, 3.05) is 13.2 Å². The van der Waals surface area contributed by atoms with Gasteiger partial charge in [0.15, 0.2) is 0 Å². The third-order valence-corrected chi connectivity index (χ3v) is 4.11. The number of benzene rings is 1. The van der Waals surface area contributed by atoms with E-state index in [-0.39, 0.29) is 30.5 Å². The number of alkyl halides is 3. The first kappa shape index (κ1) is 22.2. The minimum atomic E-state index is -4.50. The topological polar surface area (TPSA) is 77.2 Å². The molecule has 3 N–H and O–H groups in total. The number of halogens is 4. The largest absolute Gasteiger partial charge is 0.491 e. The number of amides is 1. The van der Waals surface area contributed by atoms with Crippen molar-refractivity contribution in [3.63, 3.8) is 0 Å². The summed E-state index contributed by atoms with van der Waals surface area (Å²) in [7, 11) is 0. The summed E-state index contributed by atoms with van der Waals surface area (Å²) in [6.45, 7) is 1.98. The summed E-state index contributed by atoms with van der Waals surface area (Å²) in [4.78, 5) is 16.2. The number of carbonyl (C=O) groups excluding carboxylic acids is 1. The molecule has 0 saturated heterocycles. The van der Waals surface area contributed by atoms with Crippen LogP contribution in [-0.2, 0) is 12.6 Å². The van der Waals surface area contributed by atoms with Crippen LogP contribution in [0.3, 0.4) is 0 Å². The van der Waals surface area contributed by atoms with Gasteiger partial charge in [0, 0.05) is 11.8 Å². The van der Waals surface area contributed by atoms with Gasteiger partial charge in [-0.25, -0.2) is 4.98 Å². The fourth-order valence-corrected chi connectivity index (χ4v) is 2.83. The highest BCUT2D eigenvalue weighted by Crippen LogP contribution is 2.35. The van der Waals surface area contributed by atoms with Crippen LogP contribution in [0.2, 0.25) is 0 Å². The molecule has 1 unspecified atom stereocenters. The highest BCUT2D eigenvalue weighted by molar-refractivity contribution is 7.09. The van der Waals surface area contributed by atoms with Crippen molar-refractivity contribution in [3.05, 3.63) is 45.9 Å². The monoisotopic (exact) mass is 409 g/mol. The Balaban J connectivity index is 0.00000338. The zero-order valence-corrected chi connectivity index (χ0v) is 15.5. The molecule has 0 spiro atoms. The Morgan fingerprint density at radius 2 is 2.08 bits per heavy atom. The molecule has 2 aromatic rings. The van der Waals surface area contributed by atoms with Gasteiger partial charge in [0.05, 0.1) is 16.6 Å². The smallest absolute Gasteiger partial charge is 0.419 e. The molecule has 0 saturated carbocycles. The van der Waals surface area contributed by atoms with Crippen molar-refractivity contribution in [1.29, 1.82) is 0 Å². The number of nitrogens with one attached hydrogen (secondary N) is 1. The number of rotatable bonds is 7. The van der Waals surface area contributed by atoms with Gasteiger partial charge in [0.1, 0.15) is 18.1 Å². The van der Waals surface area contributed by atoms with Crippen molar-refractivity contribution in [2.45, 2.75) is 25.6 Å². The third-order valence-electron chi connectivity index (χ3n) is 3.20. The molecular weight excluding hydrogens is 391 g/mol. The quantitative estimate of drug-likeness (QED) is 0.735. The fraction of sp³-hybridized carbons (Fsp3) is 0.375. The van der Waals surface area contributed by atoms with E-state index in [1.165, 1.54) is 29.5 Å². The normalized spacial score (nSPS) is 12.2. The number of aromatic nitrogens is 1. The maximum absolute atomic E-state index is 12.9. The van der Waals surface area contributed by atoms with E-state index >= 15 is 0 Å². The zero-order chi connectivity index (χ0) is 18.4. The molecule has 1 aromatic heterocycles. The summed E-state index contributed by atoms with van der Waals surface area (Å²) in [6, 6.07) is 4.46. The summed E-state index contributed by atoms with van der Waals surface area (Å²) in [6.07, 6.45) is -3.91. The first-order chi connectivity index (χ1) is 11.8. The summed E-state index contributed by atoms with van der Waals surface area (Å²) < 4.78 is 43.9. The van der Waals surface area contributed by atoms with E-state index in [2.05, 4.69) is 10.3 Å². The zero-order valence-electron chi connectivity index (χ0n) is 13.9. The summed E-state index contributed by atoms with van der Waals surface area (Å²) in [5, 5.41) is 5.03. The molecule has 1 amide bonds. The molecule has 1 atom stereocenters. The molecule has 0 aliphatic carbocycles. The predicted octanol–water partition coefficient (Wildman–Crippen LogP) is 3.28. The molecule has 0 aliphatic rings. The van der Waals surface area contributed by atoms with E-state index < -0.39 is 23.7 Å². The van der Waals surface area contributed by atoms with Crippen LogP contribution in [0.1, 0.15) is 28.0 Å². The number of nitrogens with two attached hydrogens (primary N) is 1. The average Bonchev–Trinajstić information content (AvgIpc) is 3.01. The van der Waals surface area contributed by atoms with Crippen LogP contribution in [-0.4, -0.2) is 30.1 Å². The molecular formula is C16H19ClF3N3O2S. The average molecular weight is 410 g/mol. The summed E-state index contributed by atoms with van der Waals surface area (Å²) >= 11 is 1.34. The Hall–Kier alpha value is -1.84. The number of para-hydroxylation sites is 1. The van der Waals surface area contributed by atoms with Crippen LogP contribution < -0.4 is 15.8 Å². The lowest BCUT2D eigenvalue weighted by molar-refractivity contribution is -0.139. The Bertz CT molecular complexity index is 725. The van der Waals surface area contributed by atoms with Crippen LogP contribution in [0, 0.1) is 0 Å². The van der Waals surface area contributed by atoms with E-state index in [0.29, 0.717) is 13.0 Å². The predicted molar refractivity (Wildman–Crippen MR) is 96.0 cm³/mol. The molecule has 26 heavy (non-hydrogen) atoms. The molecule has 0 radical (unpaired) electrons. The maximum Gasteiger partial charge on any atom is 0.419 e. The van der Waals surface area contributed by atoms with Crippen LogP contribution >= 0.6 is 23.7 Å². The Morgan fingerprint density at radius 3 is 2.73 bits per heavy atom. The second-order valence-electron chi connectivity index (χ2n) is 5.34. The van der Waals surface area contributed by atoms with Crippen molar-refractivity contribution in [2.24, 2.45) is 5.73 Å². The van der Waals surface area contributed by atoms with Gasteiger partial charge < -0.3 is 15.8 Å². The van der Waals surface area contributed by atoms with Crippen LogP contribution in [0.4, 0.5) is 13.2 Å². The maximum atomic E-state index is 12.9. The van der Waals surface area contributed by atoms with Crippen LogP contribution in [0.25, 0.3) is 0 Å².